The second-order valence-corrected chi connectivity index (χ2v) is 5.09. The molecule has 1 amide bonds. The van der Waals surface area contributed by atoms with E-state index in [0.717, 1.165) is 12.8 Å². The van der Waals surface area contributed by atoms with Gasteiger partial charge in [-0.05, 0) is 19.1 Å². The number of nitrogens with zero attached hydrogens (tertiary/aromatic N) is 2. The smallest absolute Gasteiger partial charge is 0.288 e. The summed E-state index contributed by atoms with van der Waals surface area (Å²) in [4.78, 5) is 15.5. The van der Waals surface area contributed by atoms with E-state index in [-0.39, 0.29) is 22.4 Å². The standard InChI is InChI=1S/C10H19N5OS/c1-4-10(5-2,17-3)6-12-8(16)7-13-9(11)15-14-7/h4-6H2,1-3H3,(H,12,16)(H3,11,13,14,15). The summed E-state index contributed by atoms with van der Waals surface area (Å²) >= 11 is 1.77. The number of carbonyl (C=O) groups excluding carboxylic acids is 1. The van der Waals surface area contributed by atoms with Gasteiger partial charge in [0.15, 0.2) is 0 Å². The average Bonchev–Trinajstić information content (AvgIpc) is 2.78. The van der Waals surface area contributed by atoms with E-state index in [2.05, 4.69) is 40.6 Å². The number of hydrogen-bond acceptors (Lipinski definition) is 5. The van der Waals surface area contributed by atoms with Crippen LogP contribution in [0.3, 0.4) is 0 Å². The lowest BCUT2D eigenvalue weighted by Gasteiger charge is -2.29. The molecule has 0 unspecified atom stereocenters. The molecule has 0 fully saturated rings. The molecule has 1 rings (SSSR count). The Labute approximate surface area is 105 Å². The van der Waals surface area contributed by atoms with Gasteiger partial charge in [0.25, 0.3) is 5.91 Å². The third-order valence-electron chi connectivity index (χ3n) is 3.01. The first-order valence-electron chi connectivity index (χ1n) is 5.58. The first kappa shape index (κ1) is 13.8. The molecule has 0 aliphatic rings. The van der Waals surface area contributed by atoms with Crippen LogP contribution in [0.1, 0.15) is 37.3 Å². The molecule has 7 heteroatoms. The highest BCUT2D eigenvalue weighted by Crippen LogP contribution is 2.29. The van der Waals surface area contributed by atoms with E-state index < -0.39 is 0 Å². The van der Waals surface area contributed by atoms with E-state index in [1.807, 2.05) is 0 Å². The predicted octanol–water partition coefficient (Wildman–Crippen LogP) is 1.04. The summed E-state index contributed by atoms with van der Waals surface area (Å²) in [6.07, 6.45) is 4.07. The van der Waals surface area contributed by atoms with Gasteiger partial charge in [0, 0.05) is 11.3 Å². The van der Waals surface area contributed by atoms with Gasteiger partial charge in [0.2, 0.25) is 11.8 Å². The molecule has 17 heavy (non-hydrogen) atoms. The third kappa shape index (κ3) is 3.36. The topological polar surface area (TPSA) is 96.7 Å². The minimum absolute atomic E-state index is 0.0808. The summed E-state index contributed by atoms with van der Waals surface area (Å²) in [6, 6.07) is 0. The van der Waals surface area contributed by atoms with Crippen LogP contribution in [-0.2, 0) is 0 Å². The highest BCUT2D eigenvalue weighted by atomic mass is 32.2. The highest BCUT2D eigenvalue weighted by molar-refractivity contribution is 8.00. The number of nitrogens with two attached hydrogens (primary N) is 1. The van der Waals surface area contributed by atoms with E-state index in [9.17, 15) is 4.79 Å². The molecule has 0 radical (unpaired) electrons. The number of carbonyl (C=O) groups is 1. The maximum Gasteiger partial charge on any atom is 0.288 e. The fraction of sp³-hybridized carbons (Fsp3) is 0.700. The summed E-state index contributed by atoms with van der Waals surface area (Å²) in [5.74, 6) is -0.0310. The molecule has 6 nitrogen and oxygen atoms in total. The number of H-pyrrole nitrogens is 1. The Morgan fingerprint density at radius 3 is 2.59 bits per heavy atom. The van der Waals surface area contributed by atoms with E-state index >= 15 is 0 Å². The zero-order valence-corrected chi connectivity index (χ0v) is 11.2. The summed E-state index contributed by atoms with van der Waals surface area (Å²) in [6.45, 7) is 4.86. The van der Waals surface area contributed by atoms with Crippen LogP contribution in [-0.4, -0.2) is 38.6 Å². The van der Waals surface area contributed by atoms with Gasteiger partial charge in [-0.25, -0.2) is 0 Å². The Balaban J connectivity index is 2.58. The van der Waals surface area contributed by atoms with Crippen LogP contribution in [0.25, 0.3) is 0 Å². The van der Waals surface area contributed by atoms with Crippen molar-refractivity contribution in [1.29, 1.82) is 0 Å². The van der Waals surface area contributed by atoms with Crippen LogP contribution in [0.5, 0.6) is 0 Å². The van der Waals surface area contributed by atoms with Gasteiger partial charge in [-0.3, -0.25) is 9.89 Å². The first-order chi connectivity index (χ1) is 8.06. The number of amides is 1. The molecule has 96 valence electrons. The van der Waals surface area contributed by atoms with Crippen LogP contribution in [0.15, 0.2) is 0 Å². The number of nitrogens with one attached hydrogen (secondary N) is 2. The molecular formula is C10H19N5OS. The summed E-state index contributed by atoms with van der Waals surface area (Å²) < 4.78 is 0.0845. The van der Waals surface area contributed by atoms with E-state index in [0.29, 0.717) is 6.54 Å². The summed E-state index contributed by atoms with van der Waals surface area (Å²) in [5.41, 5.74) is 5.34. The van der Waals surface area contributed by atoms with Crippen molar-refractivity contribution in [2.75, 3.05) is 18.5 Å². The van der Waals surface area contributed by atoms with Crippen molar-refractivity contribution in [1.82, 2.24) is 20.5 Å². The largest absolute Gasteiger partial charge is 0.366 e. The second-order valence-electron chi connectivity index (χ2n) is 3.82. The van der Waals surface area contributed by atoms with Gasteiger partial charge < -0.3 is 11.1 Å². The van der Waals surface area contributed by atoms with Crippen molar-refractivity contribution in [2.24, 2.45) is 0 Å². The number of rotatable bonds is 6. The van der Waals surface area contributed by atoms with E-state index in [4.69, 9.17) is 5.73 Å². The number of aromatic amines is 1. The number of hydrogen-bond donors (Lipinski definition) is 3. The predicted molar refractivity (Wildman–Crippen MR) is 70.0 cm³/mol. The van der Waals surface area contributed by atoms with Crippen LogP contribution in [0.4, 0.5) is 5.95 Å². The van der Waals surface area contributed by atoms with Gasteiger partial charge in [0.05, 0.1) is 0 Å². The van der Waals surface area contributed by atoms with Crippen molar-refractivity contribution in [3.63, 3.8) is 0 Å². The maximum atomic E-state index is 11.7. The van der Waals surface area contributed by atoms with Crippen molar-refractivity contribution in [2.45, 2.75) is 31.4 Å². The molecule has 0 spiro atoms. The minimum atomic E-state index is -0.269. The molecule has 4 N–H and O–H groups in total. The van der Waals surface area contributed by atoms with Crippen LogP contribution >= 0.6 is 11.8 Å². The summed E-state index contributed by atoms with van der Waals surface area (Å²) in [7, 11) is 0. The van der Waals surface area contributed by atoms with Crippen LogP contribution < -0.4 is 11.1 Å². The molecule has 0 saturated heterocycles. The molecular weight excluding hydrogens is 238 g/mol. The molecule has 0 aliphatic carbocycles. The maximum absolute atomic E-state index is 11.7. The van der Waals surface area contributed by atoms with Gasteiger partial charge >= 0.3 is 0 Å². The number of aromatic nitrogens is 3. The van der Waals surface area contributed by atoms with Gasteiger partial charge in [0.1, 0.15) is 0 Å². The molecule has 0 bridgehead atoms. The lowest BCUT2D eigenvalue weighted by molar-refractivity contribution is 0.0939. The monoisotopic (exact) mass is 257 g/mol. The molecule has 1 aromatic heterocycles. The number of thioether (sulfide) groups is 1. The Morgan fingerprint density at radius 2 is 2.18 bits per heavy atom. The second kappa shape index (κ2) is 5.90. The van der Waals surface area contributed by atoms with Gasteiger partial charge in [-0.15, -0.1) is 5.10 Å². The van der Waals surface area contributed by atoms with Crippen molar-refractivity contribution < 1.29 is 4.79 Å². The lowest BCUT2D eigenvalue weighted by atomic mass is 10.0. The Bertz CT molecular complexity index is 366. The lowest BCUT2D eigenvalue weighted by Crippen LogP contribution is -2.40. The Morgan fingerprint density at radius 1 is 1.53 bits per heavy atom. The van der Waals surface area contributed by atoms with Gasteiger partial charge in [-0.2, -0.15) is 16.7 Å². The van der Waals surface area contributed by atoms with E-state index in [1.54, 1.807) is 11.8 Å². The number of nitrogen functional groups attached to an aromatic ring is 1. The van der Waals surface area contributed by atoms with Crippen molar-refractivity contribution in [3.8, 4) is 0 Å². The molecule has 0 saturated carbocycles. The number of anilines is 1. The van der Waals surface area contributed by atoms with Crippen molar-refractivity contribution in [3.05, 3.63) is 5.82 Å². The molecule has 1 heterocycles. The molecule has 0 aliphatic heterocycles. The SMILES string of the molecule is CCC(CC)(CNC(=O)c1nc(N)n[nH]1)SC. The third-order valence-corrected chi connectivity index (χ3v) is 4.60. The molecule has 0 atom stereocenters. The van der Waals surface area contributed by atoms with Crippen LogP contribution in [0, 0.1) is 0 Å². The van der Waals surface area contributed by atoms with Crippen molar-refractivity contribution >= 4 is 23.6 Å². The highest BCUT2D eigenvalue weighted by Gasteiger charge is 2.26. The fourth-order valence-electron chi connectivity index (χ4n) is 1.56. The average molecular weight is 257 g/mol. The Hall–Kier alpha value is -1.24. The zero-order valence-electron chi connectivity index (χ0n) is 10.4. The summed E-state index contributed by atoms with van der Waals surface area (Å²) in [5, 5.41) is 8.97. The van der Waals surface area contributed by atoms with Gasteiger partial charge in [-0.1, -0.05) is 13.8 Å². The normalized spacial score (nSPS) is 11.5. The quantitative estimate of drug-likeness (QED) is 0.707. The Kier molecular flexibility index (Phi) is 4.80. The molecule has 0 aromatic carbocycles. The van der Waals surface area contributed by atoms with Crippen LogP contribution in [0.2, 0.25) is 0 Å². The fourth-order valence-corrected chi connectivity index (χ4v) is 2.36. The zero-order chi connectivity index (χ0) is 12.9. The first-order valence-corrected chi connectivity index (χ1v) is 6.80. The minimum Gasteiger partial charge on any atom is -0.366 e. The van der Waals surface area contributed by atoms with E-state index in [1.165, 1.54) is 0 Å². The molecule has 1 aromatic rings.